The first kappa shape index (κ1) is 15.0. The van der Waals surface area contributed by atoms with E-state index in [9.17, 15) is 9.18 Å². The SMILES string of the molecule is CN(C)C1(Cc2ccccc2F)CCC(C(N)=O)CC1. The van der Waals surface area contributed by atoms with Crippen LogP contribution in [0.3, 0.4) is 0 Å². The average Bonchev–Trinajstić information content (AvgIpc) is 2.42. The van der Waals surface area contributed by atoms with E-state index in [-0.39, 0.29) is 23.2 Å². The first-order chi connectivity index (χ1) is 9.44. The summed E-state index contributed by atoms with van der Waals surface area (Å²) < 4.78 is 13.9. The third-order valence-electron chi connectivity index (χ3n) is 4.74. The van der Waals surface area contributed by atoms with Gasteiger partial charge in [-0.05, 0) is 57.8 Å². The molecule has 1 aromatic carbocycles. The van der Waals surface area contributed by atoms with Crippen molar-refractivity contribution in [2.24, 2.45) is 11.7 Å². The molecular formula is C16H23FN2O. The summed E-state index contributed by atoms with van der Waals surface area (Å²) in [5, 5.41) is 0. The van der Waals surface area contributed by atoms with Gasteiger partial charge in [0.2, 0.25) is 5.91 Å². The Labute approximate surface area is 120 Å². The molecule has 0 bridgehead atoms. The molecule has 1 amide bonds. The van der Waals surface area contributed by atoms with Gasteiger partial charge in [0.05, 0.1) is 0 Å². The lowest BCUT2D eigenvalue weighted by Crippen LogP contribution is -2.50. The van der Waals surface area contributed by atoms with Crippen molar-refractivity contribution in [2.45, 2.75) is 37.6 Å². The fourth-order valence-electron chi connectivity index (χ4n) is 3.22. The van der Waals surface area contributed by atoms with E-state index in [0.717, 1.165) is 31.2 Å². The van der Waals surface area contributed by atoms with Crippen molar-refractivity contribution in [1.82, 2.24) is 4.90 Å². The van der Waals surface area contributed by atoms with Crippen LogP contribution in [0.15, 0.2) is 24.3 Å². The molecule has 4 heteroatoms. The summed E-state index contributed by atoms with van der Waals surface area (Å²) >= 11 is 0. The minimum Gasteiger partial charge on any atom is -0.369 e. The maximum Gasteiger partial charge on any atom is 0.220 e. The molecule has 110 valence electrons. The van der Waals surface area contributed by atoms with Crippen molar-refractivity contribution in [2.75, 3.05) is 14.1 Å². The third kappa shape index (κ3) is 3.01. The van der Waals surface area contributed by atoms with E-state index in [1.807, 2.05) is 26.2 Å². The molecule has 0 spiro atoms. The molecule has 3 nitrogen and oxygen atoms in total. The van der Waals surface area contributed by atoms with Crippen LogP contribution in [0, 0.1) is 11.7 Å². The van der Waals surface area contributed by atoms with Gasteiger partial charge in [-0.3, -0.25) is 4.79 Å². The lowest BCUT2D eigenvalue weighted by atomic mass is 9.72. The average molecular weight is 278 g/mol. The van der Waals surface area contributed by atoms with Crippen LogP contribution in [0.5, 0.6) is 0 Å². The van der Waals surface area contributed by atoms with Crippen LogP contribution < -0.4 is 5.73 Å². The molecule has 0 aliphatic heterocycles. The number of nitrogens with two attached hydrogens (primary N) is 1. The standard InChI is InChI=1S/C16H23FN2O/c1-19(2)16(9-7-12(8-10-16)15(18)20)11-13-5-3-4-6-14(13)17/h3-6,12H,7-11H2,1-2H3,(H2,18,20). The zero-order valence-corrected chi connectivity index (χ0v) is 12.2. The number of primary amides is 1. The van der Waals surface area contributed by atoms with Crippen LogP contribution in [-0.2, 0) is 11.2 Å². The van der Waals surface area contributed by atoms with Gasteiger partial charge >= 0.3 is 0 Å². The Kier molecular flexibility index (Phi) is 4.43. The Morgan fingerprint density at radius 2 is 1.95 bits per heavy atom. The highest BCUT2D eigenvalue weighted by Crippen LogP contribution is 2.38. The van der Waals surface area contributed by atoms with E-state index < -0.39 is 0 Å². The minimum absolute atomic E-state index is 0.0244. The summed E-state index contributed by atoms with van der Waals surface area (Å²) in [6.07, 6.45) is 4.02. The smallest absolute Gasteiger partial charge is 0.220 e. The van der Waals surface area contributed by atoms with Crippen LogP contribution in [0.25, 0.3) is 0 Å². The molecule has 0 unspecified atom stereocenters. The number of hydrogen-bond acceptors (Lipinski definition) is 2. The van der Waals surface area contributed by atoms with Crippen molar-refractivity contribution >= 4 is 5.91 Å². The Hall–Kier alpha value is -1.42. The van der Waals surface area contributed by atoms with Gasteiger partial charge in [-0.2, -0.15) is 0 Å². The quantitative estimate of drug-likeness (QED) is 0.919. The maximum atomic E-state index is 13.9. The zero-order valence-electron chi connectivity index (χ0n) is 12.2. The van der Waals surface area contributed by atoms with Gasteiger partial charge < -0.3 is 10.6 Å². The Morgan fingerprint density at radius 3 is 2.45 bits per heavy atom. The first-order valence-electron chi connectivity index (χ1n) is 7.15. The van der Waals surface area contributed by atoms with Gasteiger partial charge in [-0.25, -0.2) is 4.39 Å². The van der Waals surface area contributed by atoms with Crippen molar-refractivity contribution in [3.63, 3.8) is 0 Å². The van der Waals surface area contributed by atoms with E-state index in [4.69, 9.17) is 5.73 Å². The van der Waals surface area contributed by atoms with E-state index >= 15 is 0 Å². The van der Waals surface area contributed by atoms with Crippen LogP contribution in [-0.4, -0.2) is 30.4 Å². The molecule has 1 saturated carbocycles. The molecule has 0 saturated heterocycles. The predicted octanol–water partition coefficient (Wildman–Crippen LogP) is 2.34. The summed E-state index contributed by atoms with van der Waals surface area (Å²) in [7, 11) is 4.07. The van der Waals surface area contributed by atoms with Crippen LogP contribution >= 0.6 is 0 Å². The number of rotatable bonds is 4. The third-order valence-corrected chi connectivity index (χ3v) is 4.74. The zero-order chi connectivity index (χ0) is 14.8. The molecule has 1 aliphatic carbocycles. The molecule has 0 atom stereocenters. The van der Waals surface area contributed by atoms with Crippen LogP contribution in [0.1, 0.15) is 31.2 Å². The van der Waals surface area contributed by atoms with Crippen molar-refractivity contribution in [1.29, 1.82) is 0 Å². The minimum atomic E-state index is -0.205. The van der Waals surface area contributed by atoms with Gasteiger partial charge in [0.1, 0.15) is 5.82 Å². The Bertz CT molecular complexity index is 479. The number of nitrogens with zero attached hydrogens (tertiary/aromatic N) is 1. The molecule has 2 N–H and O–H groups in total. The second kappa shape index (κ2) is 5.92. The molecule has 1 aromatic rings. The summed E-state index contributed by atoms with van der Waals surface area (Å²) in [6.45, 7) is 0. The fraction of sp³-hybridized carbons (Fsp3) is 0.562. The van der Waals surface area contributed by atoms with Crippen LogP contribution in [0.4, 0.5) is 4.39 Å². The molecule has 1 fully saturated rings. The van der Waals surface area contributed by atoms with Gasteiger partial charge in [0, 0.05) is 11.5 Å². The number of halogens is 1. The number of benzene rings is 1. The Morgan fingerprint density at radius 1 is 1.35 bits per heavy atom. The lowest BCUT2D eigenvalue weighted by molar-refractivity contribution is -0.123. The molecule has 0 aromatic heterocycles. The summed E-state index contributed by atoms with van der Waals surface area (Å²) in [6, 6.07) is 6.94. The highest BCUT2D eigenvalue weighted by atomic mass is 19.1. The first-order valence-corrected chi connectivity index (χ1v) is 7.15. The molecule has 1 aliphatic rings. The van der Waals surface area contributed by atoms with Gasteiger partial charge in [0.25, 0.3) is 0 Å². The predicted molar refractivity (Wildman–Crippen MR) is 77.7 cm³/mol. The maximum absolute atomic E-state index is 13.9. The molecule has 0 radical (unpaired) electrons. The number of carbonyl (C=O) groups excluding carboxylic acids is 1. The van der Waals surface area contributed by atoms with Crippen molar-refractivity contribution < 1.29 is 9.18 Å². The largest absolute Gasteiger partial charge is 0.369 e. The van der Waals surface area contributed by atoms with Crippen molar-refractivity contribution in [3.05, 3.63) is 35.6 Å². The van der Waals surface area contributed by atoms with E-state index in [2.05, 4.69) is 4.90 Å². The molecule has 0 heterocycles. The topological polar surface area (TPSA) is 46.3 Å². The van der Waals surface area contributed by atoms with Crippen molar-refractivity contribution in [3.8, 4) is 0 Å². The second-order valence-electron chi connectivity index (χ2n) is 6.06. The number of amides is 1. The number of carbonyl (C=O) groups is 1. The number of hydrogen-bond donors (Lipinski definition) is 1. The molecule has 2 rings (SSSR count). The second-order valence-corrected chi connectivity index (χ2v) is 6.06. The summed E-state index contributed by atoms with van der Waals surface area (Å²) in [5.41, 5.74) is 6.07. The number of likely N-dealkylation sites (N-methyl/N-ethyl adjacent to an activating group) is 1. The van der Waals surface area contributed by atoms with Crippen LogP contribution in [0.2, 0.25) is 0 Å². The highest BCUT2D eigenvalue weighted by molar-refractivity contribution is 5.76. The molecule has 20 heavy (non-hydrogen) atoms. The van der Waals surface area contributed by atoms with E-state index in [1.54, 1.807) is 6.07 Å². The summed E-state index contributed by atoms with van der Waals surface area (Å²) in [4.78, 5) is 13.5. The van der Waals surface area contributed by atoms with Gasteiger partial charge in [-0.1, -0.05) is 18.2 Å². The summed E-state index contributed by atoms with van der Waals surface area (Å²) in [5.74, 6) is -0.377. The van der Waals surface area contributed by atoms with E-state index in [0.29, 0.717) is 6.42 Å². The normalized spacial score (nSPS) is 26.7. The van der Waals surface area contributed by atoms with Gasteiger partial charge in [0.15, 0.2) is 0 Å². The highest BCUT2D eigenvalue weighted by Gasteiger charge is 2.39. The monoisotopic (exact) mass is 278 g/mol. The lowest BCUT2D eigenvalue weighted by Gasteiger charge is -2.45. The Balaban J connectivity index is 2.16. The van der Waals surface area contributed by atoms with Gasteiger partial charge in [-0.15, -0.1) is 0 Å². The van der Waals surface area contributed by atoms with E-state index in [1.165, 1.54) is 6.07 Å². The molecular weight excluding hydrogens is 255 g/mol. The fourth-order valence-corrected chi connectivity index (χ4v) is 3.22.